The monoisotopic (exact) mass is 194 g/mol. The SMILES string of the molecule is O=C(c1c[nH]ccc1=O)N1CCCO1. The summed E-state index contributed by atoms with van der Waals surface area (Å²) in [5.41, 5.74) is -0.168. The zero-order valence-electron chi connectivity index (χ0n) is 7.53. The summed E-state index contributed by atoms with van der Waals surface area (Å²) >= 11 is 0. The van der Waals surface area contributed by atoms with Gasteiger partial charge in [-0.15, -0.1) is 0 Å². The number of amides is 1. The molecule has 2 heterocycles. The third-order valence-electron chi connectivity index (χ3n) is 2.03. The highest BCUT2D eigenvalue weighted by Crippen LogP contribution is 2.07. The molecule has 1 fully saturated rings. The van der Waals surface area contributed by atoms with E-state index >= 15 is 0 Å². The quantitative estimate of drug-likeness (QED) is 0.692. The number of nitrogens with one attached hydrogen (secondary N) is 1. The van der Waals surface area contributed by atoms with E-state index in [4.69, 9.17) is 4.84 Å². The number of carbonyl (C=O) groups is 1. The largest absolute Gasteiger partial charge is 0.367 e. The Morgan fingerprint density at radius 2 is 2.43 bits per heavy atom. The van der Waals surface area contributed by atoms with Gasteiger partial charge in [-0.3, -0.25) is 14.4 Å². The second kappa shape index (κ2) is 3.63. The first kappa shape index (κ1) is 8.96. The lowest BCUT2D eigenvalue weighted by Crippen LogP contribution is -2.30. The Hall–Kier alpha value is -1.62. The van der Waals surface area contributed by atoms with Gasteiger partial charge in [0.15, 0.2) is 5.43 Å². The standard InChI is InChI=1S/C9H10N2O3/c12-8-2-3-10-6-7(8)9(13)11-4-1-5-14-11/h2-3,6H,1,4-5H2,(H,10,12). The molecule has 1 aliphatic heterocycles. The number of aromatic amines is 1. The summed E-state index contributed by atoms with van der Waals surface area (Å²) in [4.78, 5) is 30.7. The molecule has 1 aliphatic rings. The Morgan fingerprint density at radius 3 is 3.07 bits per heavy atom. The van der Waals surface area contributed by atoms with Crippen LogP contribution in [-0.4, -0.2) is 29.1 Å². The highest BCUT2D eigenvalue weighted by molar-refractivity contribution is 5.93. The summed E-state index contributed by atoms with van der Waals surface area (Å²) in [6.45, 7) is 1.09. The summed E-state index contributed by atoms with van der Waals surface area (Å²) in [6.07, 6.45) is 3.70. The lowest BCUT2D eigenvalue weighted by Gasteiger charge is -2.12. The van der Waals surface area contributed by atoms with Crippen molar-refractivity contribution in [3.05, 3.63) is 34.2 Å². The molecule has 1 aromatic rings. The van der Waals surface area contributed by atoms with Gasteiger partial charge in [0.05, 0.1) is 13.2 Å². The fourth-order valence-corrected chi connectivity index (χ4v) is 1.33. The highest BCUT2D eigenvalue weighted by Gasteiger charge is 2.22. The first-order valence-corrected chi connectivity index (χ1v) is 4.41. The number of nitrogens with zero attached hydrogens (tertiary/aromatic N) is 1. The van der Waals surface area contributed by atoms with E-state index in [9.17, 15) is 9.59 Å². The number of pyridine rings is 1. The van der Waals surface area contributed by atoms with Crippen molar-refractivity contribution in [2.75, 3.05) is 13.2 Å². The first-order valence-electron chi connectivity index (χ1n) is 4.41. The first-order chi connectivity index (χ1) is 6.79. The van der Waals surface area contributed by atoms with Crippen LogP contribution < -0.4 is 5.43 Å². The van der Waals surface area contributed by atoms with E-state index in [1.165, 1.54) is 23.5 Å². The molecule has 1 amide bonds. The maximum absolute atomic E-state index is 11.6. The van der Waals surface area contributed by atoms with Gasteiger partial charge in [0.2, 0.25) is 0 Å². The zero-order chi connectivity index (χ0) is 9.97. The van der Waals surface area contributed by atoms with Gasteiger partial charge in [-0.05, 0) is 6.42 Å². The van der Waals surface area contributed by atoms with Crippen LogP contribution in [0.4, 0.5) is 0 Å². The van der Waals surface area contributed by atoms with E-state index < -0.39 is 0 Å². The smallest absolute Gasteiger partial charge is 0.282 e. The van der Waals surface area contributed by atoms with Crippen LogP contribution in [0.25, 0.3) is 0 Å². The van der Waals surface area contributed by atoms with E-state index in [-0.39, 0.29) is 16.9 Å². The van der Waals surface area contributed by atoms with Crippen molar-refractivity contribution in [1.82, 2.24) is 10.0 Å². The Labute approximate surface area is 80.3 Å². The number of H-pyrrole nitrogens is 1. The van der Waals surface area contributed by atoms with Crippen LogP contribution >= 0.6 is 0 Å². The van der Waals surface area contributed by atoms with Crippen LogP contribution in [0.3, 0.4) is 0 Å². The zero-order valence-corrected chi connectivity index (χ0v) is 7.53. The molecule has 0 saturated carbocycles. The van der Waals surface area contributed by atoms with Crippen molar-refractivity contribution in [3.63, 3.8) is 0 Å². The van der Waals surface area contributed by atoms with E-state index in [0.29, 0.717) is 13.2 Å². The molecule has 5 nitrogen and oxygen atoms in total. The highest BCUT2D eigenvalue weighted by atomic mass is 16.7. The van der Waals surface area contributed by atoms with Crippen LogP contribution in [0.15, 0.2) is 23.3 Å². The van der Waals surface area contributed by atoms with Gasteiger partial charge in [-0.1, -0.05) is 0 Å². The molecule has 0 radical (unpaired) electrons. The van der Waals surface area contributed by atoms with Crippen LogP contribution in [0.5, 0.6) is 0 Å². The summed E-state index contributed by atoms with van der Waals surface area (Å²) < 4.78 is 0. The molecular weight excluding hydrogens is 184 g/mol. The van der Waals surface area contributed by atoms with Gasteiger partial charge in [0.1, 0.15) is 5.56 Å². The van der Waals surface area contributed by atoms with E-state index in [0.717, 1.165) is 6.42 Å². The lowest BCUT2D eigenvalue weighted by atomic mass is 10.2. The summed E-state index contributed by atoms with van der Waals surface area (Å²) in [7, 11) is 0. The summed E-state index contributed by atoms with van der Waals surface area (Å²) in [6, 6.07) is 1.32. The Balaban J connectivity index is 2.26. The topological polar surface area (TPSA) is 62.4 Å². The van der Waals surface area contributed by atoms with Gasteiger partial charge < -0.3 is 4.98 Å². The predicted molar refractivity (Wildman–Crippen MR) is 48.7 cm³/mol. The molecule has 1 aromatic heterocycles. The molecule has 0 bridgehead atoms. The average Bonchev–Trinajstić information content (AvgIpc) is 2.70. The molecule has 0 atom stereocenters. The van der Waals surface area contributed by atoms with Crippen molar-refractivity contribution in [2.24, 2.45) is 0 Å². The Kier molecular flexibility index (Phi) is 2.32. The molecule has 0 unspecified atom stereocenters. The second-order valence-corrected chi connectivity index (χ2v) is 3.02. The van der Waals surface area contributed by atoms with Crippen LogP contribution in [0, 0.1) is 0 Å². The van der Waals surface area contributed by atoms with Crippen LogP contribution in [-0.2, 0) is 4.84 Å². The number of aromatic nitrogens is 1. The number of rotatable bonds is 1. The van der Waals surface area contributed by atoms with Crippen LogP contribution in [0.2, 0.25) is 0 Å². The van der Waals surface area contributed by atoms with Gasteiger partial charge in [-0.2, -0.15) is 0 Å². The third kappa shape index (κ3) is 1.54. The molecule has 1 N–H and O–H groups in total. The molecule has 0 spiro atoms. The molecular formula is C9H10N2O3. The van der Waals surface area contributed by atoms with Crippen molar-refractivity contribution in [1.29, 1.82) is 0 Å². The van der Waals surface area contributed by atoms with Gasteiger partial charge in [0.25, 0.3) is 5.91 Å². The van der Waals surface area contributed by atoms with Crippen molar-refractivity contribution in [2.45, 2.75) is 6.42 Å². The fourth-order valence-electron chi connectivity index (χ4n) is 1.33. The predicted octanol–water partition coefficient (Wildman–Crippen LogP) is 0.152. The van der Waals surface area contributed by atoms with E-state index in [2.05, 4.69) is 4.98 Å². The Morgan fingerprint density at radius 1 is 1.57 bits per heavy atom. The second-order valence-electron chi connectivity index (χ2n) is 3.02. The van der Waals surface area contributed by atoms with Gasteiger partial charge in [0, 0.05) is 18.5 Å². The summed E-state index contributed by atoms with van der Waals surface area (Å²) in [5, 5.41) is 1.23. The van der Waals surface area contributed by atoms with Gasteiger partial charge in [-0.25, -0.2) is 5.06 Å². The molecule has 74 valence electrons. The normalized spacial score (nSPS) is 15.9. The maximum atomic E-state index is 11.6. The maximum Gasteiger partial charge on any atom is 0.282 e. The summed E-state index contributed by atoms with van der Waals surface area (Å²) in [5.74, 6) is -0.371. The number of hydroxylamine groups is 2. The number of hydrogen-bond acceptors (Lipinski definition) is 3. The Bertz CT molecular complexity index is 393. The minimum atomic E-state index is -0.371. The van der Waals surface area contributed by atoms with Crippen molar-refractivity contribution in [3.8, 4) is 0 Å². The molecule has 5 heteroatoms. The van der Waals surface area contributed by atoms with Crippen LogP contribution in [0.1, 0.15) is 16.8 Å². The molecule has 0 aliphatic carbocycles. The molecule has 2 rings (SSSR count). The minimum absolute atomic E-state index is 0.120. The lowest BCUT2D eigenvalue weighted by molar-refractivity contribution is -0.0769. The molecule has 14 heavy (non-hydrogen) atoms. The number of carbonyl (C=O) groups excluding carboxylic acids is 1. The molecule has 0 aromatic carbocycles. The van der Waals surface area contributed by atoms with Crippen molar-refractivity contribution >= 4 is 5.91 Å². The van der Waals surface area contributed by atoms with Crippen molar-refractivity contribution < 1.29 is 9.63 Å². The minimum Gasteiger partial charge on any atom is -0.367 e. The van der Waals surface area contributed by atoms with E-state index in [1.807, 2.05) is 0 Å². The van der Waals surface area contributed by atoms with Gasteiger partial charge >= 0.3 is 0 Å². The average molecular weight is 194 g/mol. The molecule has 1 saturated heterocycles. The third-order valence-corrected chi connectivity index (χ3v) is 2.03. The van der Waals surface area contributed by atoms with E-state index in [1.54, 1.807) is 0 Å². The fraction of sp³-hybridized carbons (Fsp3) is 0.333. The number of hydrogen-bond donors (Lipinski definition) is 1.